The highest BCUT2D eigenvalue weighted by Gasteiger charge is 2.03. The van der Waals surface area contributed by atoms with Crippen molar-refractivity contribution in [2.45, 2.75) is 26.2 Å². The average molecular weight is 248 g/mol. The van der Waals surface area contributed by atoms with E-state index in [-0.39, 0.29) is 0 Å². The van der Waals surface area contributed by atoms with Gasteiger partial charge in [0.1, 0.15) is 11.4 Å². The molecule has 0 spiro atoms. The largest absolute Gasteiger partial charge is 0.464 e. The van der Waals surface area contributed by atoms with Gasteiger partial charge in [-0.3, -0.25) is 0 Å². The van der Waals surface area contributed by atoms with Gasteiger partial charge in [0.25, 0.3) is 0 Å². The summed E-state index contributed by atoms with van der Waals surface area (Å²) < 4.78 is 10.8. The van der Waals surface area contributed by atoms with E-state index in [4.69, 9.17) is 9.15 Å². The van der Waals surface area contributed by atoms with Crippen LogP contribution in [0.25, 0.3) is 11.0 Å². The molecule has 2 heterocycles. The third-order valence-corrected chi connectivity index (χ3v) is 2.78. The van der Waals surface area contributed by atoms with Crippen molar-refractivity contribution < 1.29 is 9.15 Å². The lowest BCUT2D eigenvalue weighted by Gasteiger charge is -2.06. The Kier molecular flexibility index (Phi) is 5.02. The number of unbranched alkanes of at least 4 members (excludes halogenated alkanes) is 1. The third kappa shape index (κ3) is 3.47. The Morgan fingerprint density at radius 3 is 3.06 bits per heavy atom. The van der Waals surface area contributed by atoms with E-state index < -0.39 is 0 Å². The maximum absolute atomic E-state index is 5.51. The zero-order valence-corrected chi connectivity index (χ0v) is 10.8. The van der Waals surface area contributed by atoms with Gasteiger partial charge in [-0.05, 0) is 25.0 Å². The van der Waals surface area contributed by atoms with E-state index in [9.17, 15) is 0 Å². The Balaban J connectivity index is 1.72. The van der Waals surface area contributed by atoms with Crippen LogP contribution in [0.4, 0.5) is 5.82 Å². The molecule has 4 heteroatoms. The first kappa shape index (κ1) is 12.9. The van der Waals surface area contributed by atoms with E-state index in [2.05, 4.69) is 17.2 Å². The second-order valence-electron chi connectivity index (χ2n) is 4.24. The van der Waals surface area contributed by atoms with Crippen LogP contribution in [0.1, 0.15) is 26.2 Å². The highest BCUT2D eigenvalue weighted by molar-refractivity contribution is 5.87. The number of anilines is 1. The highest BCUT2D eigenvalue weighted by atomic mass is 16.5. The van der Waals surface area contributed by atoms with Gasteiger partial charge in [-0.1, -0.05) is 13.3 Å². The smallest absolute Gasteiger partial charge is 0.139 e. The van der Waals surface area contributed by atoms with E-state index in [0.29, 0.717) is 0 Å². The average Bonchev–Trinajstić information content (AvgIpc) is 2.86. The molecule has 0 aliphatic rings. The number of hydrogen-bond donors (Lipinski definition) is 1. The first-order valence-corrected chi connectivity index (χ1v) is 6.55. The van der Waals surface area contributed by atoms with Crippen LogP contribution < -0.4 is 5.32 Å². The molecule has 0 amide bonds. The minimum atomic E-state index is 0.800. The molecule has 0 saturated heterocycles. The number of fused-ring (bicyclic) bond motifs is 1. The van der Waals surface area contributed by atoms with Crippen LogP contribution >= 0.6 is 0 Å². The van der Waals surface area contributed by atoms with Crippen molar-refractivity contribution in [3.63, 3.8) is 0 Å². The number of pyridine rings is 1. The van der Waals surface area contributed by atoms with Crippen molar-refractivity contribution in [1.82, 2.24) is 4.98 Å². The predicted octanol–water partition coefficient (Wildman–Crippen LogP) is 3.45. The van der Waals surface area contributed by atoms with Gasteiger partial charge >= 0.3 is 0 Å². The molecule has 0 bridgehead atoms. The lowest BCUT2D eigenvalue weighted by atomic mass is 10.3. The Hall–Kier alpha value is -1.55. The maximum Gasteiger partial charge on any atom is 0.139 e. The molecule has 2 rings (SSSR count). The summed E-state index contributed by atoms with van der Waals surface area (Å²) in [5.74, 6) is 0.884. The van der Waals surface area contributed by atoms with Crippen LogP contribution in [0.3, 0.4) is 0 Å². The fraction of sp³-hybridized carbons (Fsp3) is 0.500. The summed E-state index contributed by atoms with van der Waals surface area (Å²) >= 11 is 0. The summed E-state index contributed by atoms with van der Waals surface area (Å²) in [5.41, 5.74) is 0.867. The van der Waals surface area contributed by atoms with Gasteiger partial charge in [-0.2, -0.15) is 0 Å². The van der Waals surface area contributed by atoms with Gasteiger partial charge in [0.15, 0.2) is 0 Å². The standard InChI is InChI=1S/C14H20N2O2/c1-2-3-9-17-10-4-7-15-14-12-6-11-18-13(12)5-8-16-14/h5-6,8,11H,2-4,7,9-10H2,1H3,(H,15,16). The zero-order valence-electron chi connectivity index (χ0n) is 10.8. The number of nitrogens with one attached hydrogen (secondary N) is 1. The van der Waals surface area contributed by atoms with Gasteiger partial charge in [-0.25, -0.2) is 4.98 Å². The quantitative estimate of drug-likeness (QED) is 0.727. The molecule has 0 saturated carbocycles. The minimum Gasteiger partial charge on any atom is -0.464 e. The summed E-state index contributed by atoms with van der Waals surface area (Å²) in [4.78, 5) is 4.31. The maximum atomic E-state index is 5.51. The van der Waals surface area contributed by atoms with E-state index in [0.717, 1.165) is 49.4 Å². The number of furan rings is 1. The van der Waals surface area contributed by atoms with Crippen LogP contribution in [0.2, 0.25) is 0 Å². The van der Waals surface area contributed by atoms with Crippen LogP contribution in [-0.4, -0.2) is 24.7 Å². The van der Waals surface area contributed by atoms with E-state index in [1.807, 2.05) is 12.1 Å². The van der Waals surface area contributed by atoms with Crippen molar-refractivity contribution in [3.8, 4) is 0 Å². The molecule has 0 aliphatic carbocycles. The van der Waals surface area contributed by atoms with Gasteiger partial charge < -0.3 is 14.5 Å². The molecule has 0 unspecified atom stereocenters. The molecule has 0 aromatic carbocycles. The monoisotopic (exact) mass is 248 g/mol. The SMILES string of the molecule is CCCCOCCCNc1nccc2occc12. The van der Waals surface area contributed by atoms with Crippen molar-refractivity contribution >= 4 is 16.8 Å². The predicted molar refractivity (Wildman–Crippen MR) is 72.8 cm³/mol. The molecule has 0 atom stereocenters. The first-order chi connectivity index (χ1) is 8.92. The Labute approximate surface area is 107 Å². The van der Waals surface area contributed by atoms with Crippen LogP contribution in [-0.2, 0) is 4.74 Å². The molecule has 2 aromatic heterocycles. The summed E-state index contributed by atoms with van der Waals surface area (Å²) in [6.45, 7) is 4.70. The summed E-state index contributed by atoms with van der Waals surface area (Å²) in [5, 5.41) is 4.35. The summed E-state index contributed by atoms with van der Waals surface area (Å²) in [7, 11) is 0. The summed E-state index contributed by atoms with van der Waals surface area (Å²) in [6, 6.07) is 3.80. The molecule has 18 heavy (non-hydrogen) atoms. The van der Waals surface area contributed by atoms with E-state index in [1.165, 1.54) is 6.42 Å². The molecule has 0 aliphatic heterocycles. The Morgan fingerprint density at radius 1 is 1.28 bits per heavy atom. The zero-order chi connectivity index (χ0) is 12.6. The van der Waals surface area contributed by atoms with Crippen LogP contribution in [0, 0.1) is 0 Å². The second kappa shape index (κ2) is 7.01. The number of nitrogens with zero attached hydrogens (tertiary/aromatic N) is 1. The second-order valence-corrected chi connectivity index (χ2v) is 4.24. The summed E-state index contributed by atoms with van der Waals surface area (Å²) in [6.07, 6.45) is 6.75. The fourth-order valence-corrected chi connectivity index (χ4v) is 1.77. The molecular formula is C14H20N2O2. The topological polar surface area (TPSA) is 47.3 Å². The van der Waals surface area contributed by atoms with Crippen molar-refractivity contribution in [2.75, 3.05) is 25.1 Å². The molecule has 1 N–H and O–H groups in total. The molecule has 0 radical (unpaired) electrons. The van der Waals surface area contributed by atoms with Gasteiger partial charge in [0.05, 0.1) is 11.6 Å². The van der Waals surface area contributed by atoms with Crippen molar-refractivity contribution in [1.29, 1.82) is 0 Å². The number of rotatable bonds is 8. The molecule has 0 fully saturated rings. The highest BCUT2D eigenvalue weighted by Crippen LogP contribution is 2.21. The van der Waals surface area contributed by atoms with Gasteiger partial charge in [0, 0.05) is 26.0 Å². The van der Waals surface area contributed by atoms with Gasteiger partial charge in [-0.15, -0.1) is 0 Å². The number of hydrogen-bond acceptors (Lipinski definition) is 4. The number of aromatic nitrogens is 1. The Bertz CT molecular complexity index is 468. The molecule has 98 valence electrons. The molecule has 2 aromatic rings. The van der Waals surface area contributed by atoms with Crippen LogP contribution in [0.15, 0.2) is 29.0 Å². The van der Waals surface area contributed by atoms with E-state index in [1.54, 1.807) is 12.5 Å². The Morgan fingerprint density at radius 2 is 2.17 bits per heavy atom. The molecular weight excluding hydrogens is 228 g/mol. The third-order valence-electron chi connectivity index (χ3n) is 2.78. The van der Waals surface area contributed by atoms with E-state index >= 15 is 0 Å². The normalized spacial score (nSPS) is 10.9. The lowest BCUT2D eigenvalue weighted by molar-refractivity contribution is 0.131. The minimum absolute atomic E-state index is 0.800. The fourth-order valence-electron chi connectivity index (χ4n) is 1.77. The van der Waals surface area contributed by atoms with Crippen molar-refractivity contribution in [3.05, 3.63) is 24.6 Å². The number of ether oxygens (including phenoxy) is 1. The van der Waals surface area contributed by atoms with Crippen LogP contribution in [0.5, 0.6) is 0 Å². The van der Waals surface area contributed by atoms with Crippen molar-refractivity contribution in [2.24, 2.45) is 0 Å². The first-order valence-electron chi connectivity index (χ1n) is 6.55. The lowest BCUT2D eigenvalue weighted by Crippen LogP contribution is -2.07. The molecule has 4 nitrogen and oxygen atoms in total. The van der Waals surface area contributed by atoms with Gasteiger partial charge in [0.2, 0.25) is 0 Å².